The second kappa shape index (κ2) is 10.0. The highest BCUT2D eigenvalue weighted by Crippen LogP contribution is 2.48. The lowest BCUT2D eigenvalue weighted by Gasteiger charge is -2.18. The Morgan fingerprint density at radius 2 is 1.04 bits per heavy atom. The van der Waals surface area contributed by atoms with Gasteiger partial charge in [-0.25, -0.2) is 0 Å². The minimum absolute atomic E-state index is 0.508. The van der Waals surface area contributed by atoms with Crippen molar-refractivity contribution >= 4 is 43.5 Å². The van der Waals surface area contributed by atoms with Gasteiger partial charge in [0.25, 0.3) is 0 Å². The highest BCUT2D eigenvalue weighted by molar-refractivity contribution is 6.25. The van der Waals surface area contributed by atoms with E-state index in [0.29, 0.717) is 0 Å². The van der Waals surface area contributed by atoms with Crippen LogP contribution in [0.2, 0.25) is 0 Å². The Balaban J connectivity index is 1.48. The molecule has 1 aromatic heterocycles. The van der Waals surface area contributed by atoms with E-state index in [0.717, 1.165) is 0 Å². The maximum atomic E-state index is 9.93. The molecule has 0 amide bonds. The zero-order valence-electron chi connectivity index (χ0n) is 53.4. The fourth-order valence-electron chi connectivity index (χ4n) is 5.98. The van der Waals surface area contributed by atoms with Crippen LogP contribution >= 0.6 is 0 Å². The summed E-state index contributed by atoms with van der Waals surface area (Å²) in [4.78, 5) is 0. The lowest BCUT2D eigenvalue weighted by Crippen LogP contribution is -1.92. The van der Waals surface area contributed by atoms with E-state index in [-0.39, 0.29) is 0 Å². The first-order valence-electron chi connectivity index (χ1n) is 28.9. The summed E-state index contributed by atoms with van der Waals surface area (Å²) in [6.07, 6.45) is 0. The fourth-order valence-corrected chi connectivity index (χ4v) is 5.98. The first kappa shape index (κ1) is 10.3. The number of fused-ring (bicyclic) bond motifs is 8. The van der Waals surface area contributed by atoms with Crippen molar-refractivity contribution in [3.8, 4) is 44.5 Å². The van der Waals surface area contributed by atoms with Crippen LogP contribution in [0.15, 0.2) is 162 Å². The summed E-state index contributed by atoms with van der Waals surface area (Å²) < 4.78 is 276. The third-order valence-electron chi connectivity index (χ3n) is 7.95. The summed E-state index contributed by atoms with van der Waals surface area (Å²) in [5, 5.41) is -4.21. The quantitative estimate of drug-likeness (QED) is 0.177. The largest absolute Gasteiger partial charge is 0.456 e. The fraction of sp³-hybridized carbons (Fsp3) is 0.0435. The van der Waals surface area contributed by atoms with Gasteiger partial charge in [0.1, 0.15) is 11.2 Å². The summed E-state index contributed by atoms with van der Waals surface area (Å²) in [7, 11) is 0. The molecule has 1 aliphatic carbocycles. The van der Waals surface area contributed by atoms with Crippen molar-refractivity contribution in [2.75, 3.05) is 0 Å². The SMILES string of the molecule is [2H]c1c([2H])c(-c2c([2H])c([2H])c3c(c2[2H])-c2c([2H])c([2H])c([2H])c([2H])c2C3([2H])C([2H])([2H])[2H])c([2H])c(-c2c3c([2H])c([2H])c([2H])c([2H])c3c(-c3c([2H])c([2H])c([2H])c4oc5c([2H])c([2H])c([2H])c([2H])c5c34)c3c([2H])c([2H])c([2H])c([2H])c23)c1[2H]. The van der Waals surface area contributed by atoms with Gasteiger partial charge in [-0.05, 0) is 101 Å². The number of benzene rings is 8. The van der Waals surface area contributed by atoms with Gasteiger partial charge in [0.15, 0.2) is 0 Å². The Hall–Kier alpha value is -5.92. The highest BCUT2D eigenvalue weighted by atomic mass is 16.3. The molecule has 0 radical (unpaired) electrons. The molecule has 1 heterocycles. The maximum Gasteiger partial charge on any atom is 0.136 e. The molecule has 0 bridgehead atoms. The van der Waals surface area contributed by atoms with Gasteiger partial charge < -0.3 is 4.42 Å². The Labute approximate surface area is 315 Å². The minimum Gasteiger partial charge on any atom is -0.456 e. The van der Waals surface area contributed by atoms with Crippen molar-refractivity contribution in [3.05, 3.63) is 168 Å². The summed E-state index contributed by atoms with van der Waals surface area (Å²) in [5.41, 5.74) is -9.75. The Kier molecular flexibility index (Phi) is 2.20. The third kappa shape index (κ3) is 3.84. The number of para-hydroxylation sites is 1. The molecule has 9 aromatic rings. The van der Waals surface area contributed by atoms with Crippen LogP contribution in [-0.4, -0.2) is 0 Å². The van der Waals surface area contributed by atoms with Crippen LogP contribution < -0.4 is 0 Å². The van der Waals surface area contributed by atoms with E-state index in [1.807, 2.05) is 0 Å². The van der Waals surface area contributed by atoms with E-state index >= 15 is 0 Å². The standard InChI is InChI=1S/C46H30O/c1-28-32-14-2-3-15-34(32)41-27-30(24-25-33(28)41)29-12-10-13-31(26-29)44-35-16-4-6-18-37(35)45(38-19-7-5-17-36(38)44)40-21-11-23-43-46(40)39-20-8-9-22-42(39)47-43/h2-28H,1H3/i1D3,2D,3D,4D,5D,6D,7D,8D,9D,10D,11D,12D,13D,14D,15D,16D,17D,18D,19D,20D,21D,22D,23D,24D,25D,26D,27D,28D. The van der Waals surface area contributed by atoms with Crippen LogP contribution in [0.1, 0.15) is 65.0 Å². The average Bonchev–Trinajstić information content (AvgIpc) is 3.92. The molecule has 0 aliphatic heterocycles. The van der Waals surface area contributed by atoms with E-state index in [2.05, 4.69) is 0 Å². The molecule has 10 rings (SSSR count). The van der Waals surface area contributed by atoms with Crippen molar-refractivity contribution in [3.63, 3.8) is 0 Å². The van der Waals surface area contributed by atoms with Gasteiger partial charge in [-0.3, -0.25) is 0 Å². The number of hydrogen-bond acceptors (Lipinski definition) is 1. The Morgan fingerprint density at radius 1 is 0.468 bits per heavy atom. The van der Waals surface area contributed by atoms with E-state index in [1.165, 1.54) is 0 Å². The molecule has 0 spiro atoms. The van der Waals surface area contributed by atoms with Crippen molar-refractivity contribution in [1.29, 1.82) is 0 Å². The lowest BCUT2D eigenvalue weighted by atomic mass is 9.84. The normalized spacial score (nSPS) is 24.7. The molecule has 1 heteroatoms. The molecule has 0 N–H and O–H groups in total. The van der Waals surface area contributed by atoms with Crippen molar-refractivity contribution in [2.45, 2.75) is 12.7 Å². The van der Waals surface area contributed by atoms with Gasteiger partial charge in [0, 0.05) is 22.1 Å². The second-order valence-corrected chi connectivity index (χ2v) is 10.4. The van der Waals surface area contributed by atoms with E-state index in [9.17, 15) is 17.8 Å². The molecule has 1 atom stereocenters. The molecule has 0 fully saturated rings. The van der Waals surface area contributed by atoms with E-state index < -0.39 is 269 Å². The van der Waals surface area contributed by atoms with Crippen molar-refractivity contribution in [2.24, 2.45) is 0 Å². The summed E-state index contributed by atoms with van der Waals surface area (Å²) in [5.74, 6) is -3.24. The monoisotopic (exact) mass is 628 g/mol. The first-order chi connectivity index (χ1) is 35.7. The Bertz CT molecular complexity index is 4260. The van der Waals surface area contributed by atoms with Gasteiger partial charge in [-0.2, -0.15) is 0 Å². The first-order valence-corrected chi connectivity index (χ1v) is 13.9. The molecule has 1 nitrogen and oxygen atoms in total. The summed E-state index contributed by atoms with van der Waals surface area (Å²) in [6, 6.07) is -26.3. The van der Waals surface area contributed by atoms with Gasteiger partial charge in [-0.15, -0.1) is 0 Å². The maximum absolute atomic E-state index is 9.93. The molecular weight excluding hydrogens is 569 g/mol. The summed E-state index contributed by atoms with van der Waals surface area (Å²) >= 11 is 0. The third-order valence-corrected chi connectivity index (χ3v) is 7.95. The molecule has 0 saturated carbocycles. The number of rotatable bonds is 3. The molecule has 1 aliphatic rings. The zero-order chi connectivity index (χ0) is 57.1. The summed E-state index contributed by atoms with van der Waals surface area (Å²) in [6.45, 7) is -3.56. The van der Waals surface area contributed by atoms with Gasteiger partial charge in [-0.1, -0.05) is 140 Å². The second-order valence-electron chi connectivity index (χ2n) is 10.4. The van der Waals surface area contributed by atoms with Crippen LogP contribution in [0.4, 0.5) is 0 Å². The van der Waals surface area contributed by atoms with Crippen molar-refractivity contribution < 1.29 is 45.5 Å². The van der Waals surface area contributed by atoms with Crippen LogP contribution in [0, 0.1) is 0 Å². The van der Waals surface area contributed by atoms with Gasteiger partial charge in [0.2, 0.25) is 0 Å². The van der Waals surface area contributed by atoms with Crippen LogP contribution in [-0.2, 0) is 0 Å². The predicted molar refractivity (Wildman–Crippen MR) is 198 cm³/mol. The smallest absolute Gasteiger partial charge is 0.136 e. The average molecular weight is 629 g/mol. The van der Waals surface area contributed by atoms with Crippen LogP contribution in [0.3, 0.4) is 0 Å². The predicted octanol–water partition coefficient (Wildman–Crippen LogP) is 13.0. The Morgan fingerprint density at radius 3 is 1.83 bits per heavy atom. The molecule has 1 unspecified atom stereocenters. The van der Waals surface area contributed by atoms with E-state index in [1.54, 1.807) is 0 Å². The van der Waals surface area contributed by atoms with Crippen LogP contribution in [0.25, 0.3) is 88.0 Å². The highest BCUT2D eigenvalue weighted by Gasteiger charge is 2.25. The molecule has 8 aromatic carbocycles. The van der Waals surface area contributed by atoms with Gasteiger partial charge >= 0.3 is 0 Å². The number of furan rings is 1. The zero-order valence-corrected chi connectivity index (χ0v) is 23.4. The van der Waals surface area contributed by atoms with Crippen LogP contribution in [0.5, 0.6) is 0 Å². The molecule has 0 saturated heterocycles. The van der Waals surface area contributed by atoms with Crippen molar-refractivity contribution in [1.82, 2.24) is 0 Å². The molecule has 220 valence electrons. The molecule has 47 heavy (non-hydrogen) atoms. The minimum atomic E-state index is -3.56. The van der Waals surface area contributed by atoms with E-state index in [4.69, 9.17) is 27.7 Å². The lowest BCUT2D eigenvalue weighted by molar-refractivity contribution is 0.669. The number of hydrogen-bond donors (Lipinski definition) is 0. The topological polar surface area (TPSA) is 13.1 Å². The molecular formula is C46H30O. The van der Waals surface area contributed by atoms with Gasteiger partial charge in [0.05, 0.1) is 35.6 Å².